The van der Waals surface area contributed by atoms with E-state index in [1.165, 1.54) is 11.3 Å². The highest BCUT2D eigenvalue weighted by atomic mass is 35.5. The Labute approximate surface area is 176 Å². The molecule has 0 aromatic heterocycles. The van der Waals surface area contributed by atoms with Crippen LogP contribution in [0.25, 0.3) is 0 Å². The minimum Gasteiger partial charge on any atom is -0.491 e. The van der Waals surface area contributed by atoms with E-state index in [9.17, 15) is 0 Å². The minimum atomic E-state index is 0.0181. The van der Waals surface area contributed by atoms with Gasteiger partial charge in [0.1, 0.15) is 23.9 Å². The second kappa shape index (κ2) is 9.21. The fraction of sp³-hybridized carbons (Fsp3) is 0.250. The number of hydrogen-bond acceptors (Lipinski definition) is 4. The topological polar surface area (TPSA) is 41.9 Å². The molecule has 1 N–H and O–H groups in total. The summed E-state index contributed by atoms with van der Waals surface area (Å²) in [5.74, 6) is 2.36. The predicted molar refractivity (Wildman–Crippen MR) is 116 cm³/mol. The van der Waals surface area contributed by atoms with Crippen molar-refractivity contribution in [3.05, 3.63) is 83.4 Å². The Bertz CT molecular complexity index is 928. The lowest BCUT2D eigenvalue weighted by atomic mass is 10.0. The molecule has 0 amide bonds. The van der Waals surface area contributed by atoms with Crippen LogP contribution < -0.4 is 14.4 Å². The zero-order chi connectivity index (χ0) is 20.1. The maximum absolute atomic E-state index is 8.98. The summed E-state index contributed by atoms with van der Waals surface area (Å²) in [5, 5.41) is 9.67. The van der Waals surface area contributed by atoms with E-state index in [1.807, 2.05) is 48.5 Å². The summed E-state index contributed by atoms with van der Waals surface area (Å²) in [4.78, 5) is 2.43. The van der Waals surface area contributed by atoms with Crippen LogP contribution in [0.15, 0.2) is 72.8 Å². The van der Waals surface area contributed by atoms with Crippen LogP contribution in [0.3, 0.4) is 0 Å². The van der Waals surface area contributed by atoms with Gasteiger partial charge in [0.05, 0.1) is 12.6 Å². The molecule has 0 radical (unpaired) electrons. The second-order valence-corrected chi connectivity index (χ2v) is 7.48. The predicted octanol–water partition coefficient (Wildman–Crippen LogP) is 5.84. The van der Waals surface area contributed by atoms with Gasteiger partial charge in [0.15, 0.2) is 0 Å². The van der Waals surface area contributed by atoms with E-state index in [0.717, 1.165) is 36.6 Å². The molecule has 29 heavy (non-hydrogen) atoms. The summed E-state index contributed by atoms with van der Waals surface area (Å²) in [6.45, 7) is 1.35. The Kier molecular flexibility index (Phi) is 6.23. The first-order chi connectivity index (χ1) is 14.2. The van der Waals surface area contributed by atoms with Crippen molar-refractivity contribution < 1.29 is 14.6 Å². The Hall–Kier alpha value is -2.69. The number of nitrogens with zero attached hydrogens (tertiary/aromatic N) is 1. The number of aliphatic hydroxyl groups excluding tert-OH is 1. The quantitative estimate of drug-likeness (QED) is 0.531. The van der Waals surface area contributed by atoms with Crippen molar-refractivity contribution in [2.45, 2.75) is 18.9 Å². The molecule has 5 heteroatoms. The van der Waals surface area contributed by atoms with Gasteiger partial charge in [-0.25, -0.2) is 0 Å². The molecule has 0 saturated carbocycles. The first-order valence-corrected chi connectivity index (χ1v) is 10.2. The van der Waals surface area contributed by atoms with E-state index in [0.29, 0.717) is 17.7 Å². The molecule has 4 nitrogen and oxygen atoms in total. The number of halogens is 1. The van der Waals surface area contributed by atoms with Gasteiger partial charge in [-0.05, 0) is 79.1 Å². The van der Waals surface area contributed by atoms with Crippen molar-refractivity contribution in [1.82, 2.24) is 0 Å². The van der Waals surface area contributed by atoms with Gasteiger partial charge in [0, 0.05) is 17.3 Å². The monoisotopic (exact) mass is 409 g/mol. The lowest BCUT2D eigenvalue weighted by Gasteiger charge is -2.27. The molecule has 1 saturated heterocycles. The van der Waals surface area contributed by atoms with Crippen LogP contribution >= 0.6 is 11.6 Å². The molecule has 150 valence electrons. The third kappa shape index (κ3) is 4.84. The zero-order valence-electron chi connectivity index (χ0n) is 16.1. The standard InChI is InChI=1S/C24H24ClNO3/c25-19-6-10-21(11-7-19)29-22-12-8-20(9-13-22)26-14-2-5-24(26)18-3-1-4-23(17-18)28-16-15-27/h1,3-4,6-13,17,24,27H,2,5,14-16H2/t24-/m1/s1. The molecule has 3 aromatic rings. The number of rotatable bonds is 7. The van der Waals surface area contributed by atoms with E-state index >= 15 is 0 Å². The number of hydrogen-bond donors (Lipinski definition) is 1. The van der Waals surface area contributed by atoms with Crippen LogP contribution in [0, 0.1) is 0 Å². The van der Waals surface area contributed by atoms with E-state index in [1.54, 1.807) is 0 Å². The van der Waals surface area contributed by atoms with Crippen LogP contribution in [0.1, 0.15) is 24.4 Å². The average molecular weight is 410 g/mol. The second-order valence-electron chi connectivity index (χ2n) is 7.05. The molecule has 3 aromatic carbocycles. The molecule has 1 aliphatic rings. The fourth-order valence-electron chi connectivity index (χ4n) is 3.74. The first kappa shape index (κ1) is 19.6. The summed E-state index contributed by atoms with van der Waals surface area (Å²) < 4.78 is 11.5. The number of benzene rings is 3. The number of anilines is 1. The highest BCUT2D eigenvalue weighted by molar-refractivity contribution is 6.30. The Morgan fingerprint density at radius 2 is 1.66 bits per heavy atom. The zero-order valence-corrected chi connectivity index (χ0v) is 16.9. The van der Waals surface area contributed by atoms with E-state index in [4.69, 9.17) is 26.2 Å². The molecule has 1 aliphatic heterocycles. The van der Waals surface area contributed by atoms with Crippen molar-refractivity contribution in [1.29, 1.82) is 0 Å². The van der Waals surface area contributed by atoms with E-state index in [2.05, 4.69) is 29.2 Å². The van der Waals surface area contributed by atoms with Crippen molar-refractivity contribution in [2.24, 2.45) is 0 Å². The first-order valence-electron chi connectivity index (χ1n) is 9.87. The van der Waals surface area contributed by atoms with Crippen molar-refractivity contribution in [3.63, 3.8) is 0 Å². The minimum absolute atomic E-state index is 0.0181. The van der Waals surface area contributed by atoms with Crippen LogP contribution in [0.2, 0.25) is 5.02 Å². The summed E-state index contributed by atoms with van der Waals surface area (Å²) in [6, 6.07) is 24.1. The van der Waals surface area contributed by atoms with Gasteiger partial charge in [-0.2, -0.15) is 0 Å². The van der Waals surface area contributed by atoms with Crippen molar-refractivity contribution >= 4 is 17.3 Å². The highest BCUT2D eigenvalue weighted by Gasteiger charge is 2.26. The van der Waals surface area contributed by atoms with Gasteiger partial charge in [-0.15, -0.1) is 0 Å². The third-order valence-electron chi connectivity index (χ3n) is 5.07. The van der Waals surface area contributed by atoms with Gasteiger partial charge in [-0.1, -0.05) is 23.7 Å². The van der Waals surface area contributed by atoms with Crippen LogP contribution in [-0.4, -0.2) is 24.9 Å². The van der Waals surface area contributed by atoms with Crippen LogP contribution in [0.5, 0.6) is 17.2 Å². The Morgan fingerprint density at radius 3 is 2.38 bits per heavy atom. The molecule has 0 unspecified atom stereocenters. The normalized spacial score (nSPS) is 16.1. The maximum atomic E-state index is 8.98. The molecule has 0 bridgehead atoms. The molecule has 1 atom stereocenters. The lowest BCUT2D eigenvalue weighted by Crippen LogP contribution is -2.22. The molecular formula is C24H24ClNO3. The van der Waals surface area contributed by atoms with E-state index < -0.39 is 0 Å². The number of ether oxygens (including phenoxy) is 2. The van der Waals surface area contributed by atoms with E-state index in [-0.39, 0.29) is 6.61 Å². The Balaban J connectivity index is 1.48. The summed E-state index contributed by atoms with van der Waals surface area (Å²) in [7, 11) is 0. The lowest BCUT2D eigenvalue weighted by molar-refractivity contribution is 0.201. The van der Waals surface area contributed by atoms with Gasteiger partial charge in [0.2, 0.25) is 0 Å². The van der Waals surface area contributed by atoms with Crippen molar-refractivity contribution in [2.75, 3.05) is 24.7 Å². The smallest absolute Gasteiger partial charge is 0.127 e. The van der Waals surface area contributed by atoms with Crippen LogP contribution in [-0.2, 0) is 0 Å². The maximum Gasteiger partial charge on any atom is 0.127 e. The van der Waals surface area contributed by atoms with Gasteiger partial charge in [-0.3, -0.25) is 0 Å². The molecule has 1 heterocycles. The number of aliphatic hydroxyl groups is 1. The SMILES string of the molecule is OCCOc1cccc([C@H]2CCCN2c2ccc(Oc3ccc(Cl)cc3)cc2)c1. The van der Waals surface area contributed by atoms with Crippen molar-refractivity contribution in [3.8, 4) is 17.2 Å². The summed E-state index contributed by atoms with van der Waals surface area (Å²) >= 11 is 5.93. The molecular weight excluding hydrogens is 386 g/mol. The molecule has 0 spiro atoms. The third-order valence-corrected chi connectivity index (χ3v) is 5.33. The molecule has 0 aliphatic carbocycles. The largest absolute Gasteiger partial charge is 0.491 e. The Morgan fingerprint density at radius 1 is 0.931 bits per heavy atom. The van der Waals surface area contributed by atoms with Gasteiger partial charge in [0.25, 0.3) is 0 Å². The highest BCUT2D eigenvalue weighted by Crippen LogP contribution is 2.38. The molecule has 1 fully saturated rings. The summed E-state index contributed by atoms with van der Waals surface area (Å²) in [6.07, 6.45) is 2.25. The average Bonchev–Trinajstić information content (AvgIpc) is 3.25. The summed E-state index contributed by atoms with van der Waals surface area (Å²) in [5.41, 5.74) is 2.41. The van der Waals surface area contributed by atoms with Crippen LogP contribution in [0.4, 0.5) is 5.69 Å². The fourth-order valence-corrected chi connectivity index (χ4v) is 3.87. The molecule has 4 rings (SSSR count). The van der Waals surface area contributed by atoms with Gasteiger partial charge < -0.3 is 19.5 Å². The van der Waals surface area contributed by atoms with Gasteiger partial charge >= 0.3 is 0 Å².